The van der Waals surface area contributed by atoms with Gasteiger partial charge in [-0.1, -0.05) is 37.3 Å². The van der Waals surface area contributed by atoms with E-state index in [1.165, 1.54) is 16.7 Å². The lowest BCUT2D eigenvalue weighted by molar-refractivity contribution is -0.160. The van der Waals surface area contributed by atoms with Gasteiger partial charge in [-0.25, -0.2) is 0 Å². The summed E-state index contributed by atoms with van der Waals surface area (Å²) in [6, 6.07) is 8.67. The molecule has 2 amide bonds. The molecule has 1 aromatic rings. The largest absolute Gasteiger partial charge is 0.481 e. The molecule has 0 bridgehead atoms. The molecule has 1 aliphatic heterocycles. The molecular formula is C17H22N2O5. The van der Waals surface area contributed by atoms with Gasteiger partial charge >= 0.3 is 5.97 Å². The fourth-order valence-electron chi connectivity index (χ4n) is 2.62. The number of amides is 2. The second-order valence-electron chi connectivity index (χ2n) is 6.00. The molecule has 0 spiro atoms. The number of nitrogens with zero attached hydrogens (tertiary/aromatic N) is 2. The second-order valence-corrected chi connectivity index (χ2v) is 6.00. The minimum atomic E-state index is -0.966. The van der Waals surface area contributed by atoms with Gasteiger partial charge in [0.25, 0.3) is 0 Å². The Morgan fingerprint density at radius 1 is 1.38 bits per heavy atom. The molecular weight excluding hydrogens is 312 g/mol. The summed E-state index contributed by atoms with van der Waals surface area (Å²) in [4.78, 5) is 38.7. The van der Waals surface area contributed by atoms with Crippen molar-refractivity contribution >= 4 is 17.8 Å². The van der Waals surface area contributed by atoms with Crippen LogP contribution in [0, 0.1) is 5.92 Å². The van der Waals surface area contributed by atoms with Gasteiger partial charge in [0.05, 0.1) is 12.5 Å². The number of carboxylic acids is 1. The van der Waals surface area contributed by atoms with E-state index in [1.54, 1.807) is 7.05 Å². The Bertz CT molecular complexity index is 604. The zero-order valence-corrected chi connectivity index (χ0v) is 13.8. The van der Waals surface area contributed by atoms with Crippen LogP contribution in [0.2, 0.25) is 0 Å². The van der Waals surface area contributed by atoms with Crippen molar-refractivity contribution in [2.24, 2.45) is 5.92 Å². The summed E-state index contributed by atoms with van der Waals surface area (Å²) in [7, 11) is 1.54. The second kappa shape index (κ2) is 7.92. The van der Waals surface area contributed by atoms with Gasteiger partial charge in [-0.2, -0.15) is 0 Å². The molecule has 1 aromatic carbocycles. The zero-order valence-electron chi connectivity index (χ0n) is 13.8. The highest BCUT2D eigenvalue weighted by molar-refractivity contribution is 5.89. The smallest absolute Gasteiger partial charge is 0.308 e. The van der Waals surface area contributed by atoms with Gasteiger partial charge in [-0.3, -0.25) is 14.4 Å². The SMILES string of the molecule is CC(CN(C)C(=O)[C@H]1COCC(=O)N1Cc1ccccc1)C(=O)O. The van der Waals surface area contributed by atoms with E-state index in [-0.39, 0.29) is 31.6 Å². The van der Waals surface area contributed by atoms with Gasteiger partial charge in [0.15, 0.2) is 0 Å². The van der Waals surface area contributed by atoms with Crippen LogP contribution in [-0.4, -0.2) is 65.5 Å². The highest BCUT2D eigenvalue weighted by Crippen LogP contribution is 2.16. The molecule has 0 radical (unpaired) electrons. The normalized spacial score (nSPS) is 19.0. The lowest BCUT2D eigenvalue weighted by atomic mass is 10.1. The lowest BCUT2D eigenvalue weighted by Gasteiger charge is -2.36. The molecule has 1 heterocycles. The number of benzene rings is 1. The molecule has 0 saturated carbocycles. The van der Waals surface area contributed by atoms with E-state index in [0.717, 1.165) is 5.56 Å². The maximum absolute atomic E-state index is 12.7. The molecule has 1 N–H and O–H groups in total. The summed E-state index contributed by atoms with van der Waals surface area (Å²) in [6.07, 6.45) is 0. The van der Waals surface area contributed by atoms with Crippen molar-refractivity contribution in [3.63, 3.8) is 0 Å². The number of ether oxygens (including phenoxy) is 1. The molecule has 2 atom stereocenters. The molecule has 2 rings (SSSR count). The van der Waals surface area contributed by atoms with Crippen LogP contribution < -0.4 is 0 Å². The molecule has 24 heavy (non-hydrogen) atoms. The first kappa shape index (κ1) is 17.9. The van der Waals surface area contributed by atoms with Crippen molar-refractivity contribution in [2.75, 3.05) is 26.8 Å². The Kier molecular flexibility index (Phi) is 5.92. The maximum Gasteiger partial charge on any atom is 0.308 e. The number of carbonyl (C=O) groups excluding carboxylic acids is 2. The highest BCUT2D eigenvalue weighted by Gasteiger charge is 2.36. The van der Waals surface area contributed by atoms with E-state index >= 15 is 0 Å². The van der Waals surface area contributed by atoms with Crippen LogP contribution in [0.5, 0.6) is 0 Å². The van der Waals surface area contributed by atoms with Crippen LogP contribution in [0.1, 0.15) is 12.5 Å². The first-order valence-corrected chi connectivity index (χ1v) is 7.79. The number of rotatable bonds is 6. The van der Waals surface area contributed by atoms with Gasteiger partial charge in [0.2, 0.25) is 11.8 Å². The van der Waals surface area contributed by atoms with Crippen molar-refractivity contribution in [1.29, 1.82) is 0 Å². The molecule has 0 aliphatic carbocycles. The van der Waals surface area contributed by atoms with Crippen molar-refractivity contribution in [1.82, 2.24) is 9.80 Å². The molecule has 1 saturated heterocycles. The number of carbonyl (C=O) groups is 3. The van der Waals surface area contributed by atoms with Crippen LogP contribution >= 0.6 is 0 Å². The van der Waals surface area contributed by atoms with Crippen LogP contribution in [-0.2, 0) is 25.7 Å². The quantitative estimate of drug-likeness (QED) is 0.823. The summed E-state index contributed by atoms with van der Waals surface area (Å²) in [5.74, 6) is -2.20. The Morgan fingerprint density at radius 2 is 2.04 bits per heavy atom. The number of carboxylic acid groups (broad SMARTS) is 1. The van der Waals surface area contributed by atoms with Crippen LogP contribution in [0.15, 0.2) is 30.3 Å². The zero-order chi connectivity index (χ0) is 17.7. The summed E-state index contributed by atoms with van der Waals surface area (Å²) >= 11 is 0. The maximum atomic E-state index is 12.7. The van der Waals surface area contributed by atoms with Gasteiger partial charge in [0.1, 0.15) is 12.6 Å². The standard InChI is InChI=1S/C17H22N2O5/c1-12(17(22)23)8-18(2)16(21)14-10-24-11-15(20)19(14)9-13-6-4-3-5-7-13/h3-7,12,14H,8-11H2,1-2H3,(H,22,23)/t12?,14-/m1/s1. The molecule has 130 valence electrons. The average molecular weight is 334 g/mol. The first-order chi connectivity index (χ1) is 11.4. The number of hydrogen-bond acceptors (Lipinski definition) is 4. The minimum absolute atomic E-state index is 0.0497. The Morgan fingerprint density at radius 3 is 2.67 bits per heavy atom. The Labute approximate surface area is 140 Å². The predicted octanol–water partition coefficient (Wildman–Crippen LogP) is 0.593. The molecule has 0 aromatic heterocycles. The summed E-state index contributed by atoms with van der Waals surface area (Å²) < 4.78 is 5.23. The van der Waals surface area contributed by atoms with Gasteiger partial charge in [-0.05, 0) is 5.56 Å². The van der Waals surface area contributed by atoms with Crippen molar-refractivity contribution in [2.45, 2.75) is 19.5 Å². The van der Waals surface area contributed by atoms with E-state index in [1.807, 2.05) is 30.3 Å². The van der Waals surface area contributed by atoms with Crippen molar-refractivity contribution in [3.8, 4) is 0 Å². The topological polar surface area (TPSA) is 87.2 Å². The van der Waals surface area contributed by atoms with Gasteiger partial charge in [-0.15, -0.1) is 0 Å². The average Bonchev–Trinajstić information content (AvgIpc) is 2.56. The fraction of sp³-hybridized carbons (Fsp3) is 0.471. The molecule has 1 unspecified atom stereocenters. The third kappa shape index (κ3) is 4.32. The third-order valence-corrected chi connectivity index (χ3v) is 4.02. The van der Waals surface area contributed by atoms with Crippen LogP contribution in [0.3, 0.4) is 0 Å². The number of morpholine rings is 1. The fourth-order valence-corrected chi connectivity index (χ4v) is 2.62. The number of hydrogen-bond donors (Lipinski definition) is 1. The van der Waals surface area contributed by atoms with Gasteiger partial charge in [0, 0.05) is 20.1 Å². The third-order valence-electron chi connectivity index (χ3n) is 4.02. The summed E-state index contributed by atoms with van der Waals surface area (Å²) in [5, 5.41) is 8.98. The number of aliphatic carboxylic acids is 1. The Hall–Kier alpha value is -2.41. The van der Waals surface area contributed by atoms with Crippen LogP contribution in [0.25, 0.3) is 0 Å². The van der Waals surface area contributed by atoms with Crippen molar-refractivity contribution in [3.05, 3.63) is 35.9 Å². The lowest BCUT2D eigenvalue weighted by Crippen LogP contribution is -2.56. The Balaban J connectivity index is 2.11. The number of likely N-dealkylation sites (N-methyl/N-ethyl adjacent to an activating group) is 1. The molecule has 7 heteroatoms. The van der Waals surface area contributed by atoms with E-state index < -0.39 is 17.9 Å². The van der Waals surface area contributed by atoms with E-state index in [0.29, 0.717) is 6.54 Å². The minimum Gasteiger partial charge on any atom is -0.481 e. The monoisotopic (exact) mass is 334 g/mol. The highest BCUT2D eigenvalue weighted by atomic mass is 16.5. The molecule has 7 nitrogen and oxygen atoms in total. The first-order valence-electron chi connectivity index (χ1n) is 7.79. The van der Waals surface area contributed by atoms with E-state index in [9.17, 15) is 14.4 Å². The van der Waals surface area contributed by atoms with E-state index in [2.05, 4.69) is 0 Å². The van der Waals surface area contributed by atoms with Gasteiger partial charge < -0.3 is 19.6 Å². The molecule has 1 fully saturated rings. The van der Waals surface area contributed by atoms with Crippen molar-refractivity contribution < 1.29 is 24.2 Å². The van der Waals surface area contributed by atoms with Crippen LogP contribution in [0.4, 0.5) is 0 Å². The summed E-state index contributed by atoms with van der Waals surface area (Å²) in [5.41, 5.74) is 0.923. The summed E-state index contributed by atoms with van der Waals surface area (Å²) in [6.45, 7) is 2.01. The predicted molar refractivity (Wildman–Crippen MR) is 86.0 cm³/mol. The van der Waals surface area contributed by atoms with E-state index in [4.69, 9.17) is 9.84 Å². The molecule has 1 aliphatic rings.